The molecule has 2 N–H and O–H groups in total. The van der Waals surface area contributed by atoms with E-state index in [1.165, 1.54) is 0 Å². The van der Waals surface area contributed by atoms with Crippen LogP contribution in [0.3, 0.4) is 0 Å². The fraction of sp³-hybridized carbons (Fsp3) is 0.786. The van der Waals surface area contributed by atoms with E-state index in [2.05, 4.69) is 32.1 Å². The van der Waals surface area contributed by atoms with Crippen molar-refractivity contribution in [1.82, 2.24) is 15.0 Å². The summed E-state index contributed by atoms with van der Waals surface area (Å²) in [6, 6.07) is 0. The topological polar surface area (TPSA) is 77.4 Å². The molecule has 0 saturated carbocycles. The predicted octanol–water partition coefficient (Wildman–Crippen LogP) is 0.968. The highest BCUT2D eigenvalue weighted by molar-refractivity contribution is 5.44. The molecule has 21 heavy (non-hydrogen) atoms. The van der Waals surface area contributed by atoms with Crippen LogP contribution in [0.25, 0.3) is 0 Å². The summed E-state index contributed by atoms with van der Waals surface area (Å²) in [6.07, 6.45) is 2.99. The van der Waals surface area contributed by atoms with E-state index in [1.807, 2.05) is 19.0 Å². The quantitative estimate of drug-likeness (QED) is 0.809. The zero-order chi connectivity index (χ0) is 15.2. The van der Waals surface area contributed by atoms with Crippen LogP contribution in [0, 0.1) is 5.92 Å². The number of aromatic nitrogens is 3. The summed E-state index contributed by atoms with van der Waals surface area (Å²) >= 11 is 0. The van der Waals surface area contributed by atoms with E-state index in [1.54, 1.807) is 0 Å². The first-order valence-corrected chi connectivity index (χ1v) is 7.67. The molecule has 0 aromatic carbocycles. The second kappa shape index (κ2) is 7.40. The Morgan fingerprint density at radius 1 is 1.24 bits per heavy atom. The first kappa shape index (κ1) is 15.8. The van der Waals surface area contributed by atoms with Crippen LogP contribution in [-0.4, -0.2) is 60.4 Å². The van der Waals surface area contributed by atoms with Gasteiger partial charge in [-0.2, -0.15) is 15.0 Å². The molecule has 0 unspecified atom stereocenters. The van der Waals surface area contributed by atoms with Crippen LogP contribution in [0.2, 0.25) is 0 Å². The number of anilines is 3. The summed E-state index contributed by atoms with van der Waals surface area (Å²) in [5, 5.41) is 12.5. The Kier molecular flexibility index (Phi) is 5.55. The van der Waals surface area contributed by atoms with Crippen LogP contribution in [0.1, 0.15) is 26.2 Å². The molecule has 2 heterocycles. The molecule has 1 aromatic rings. The summed E-state index contributed by atoms with van der Waals surface area (Å²) in [5.41, 5.74) is 0. The monoisotopic (exact) mass is 294 g/mol. The van der Waals surface area contributed by atoms with Crippen LogP contribution in [-0.2, 0) is 0 Å². The lowest BCUT2D eigenvalue weighted by Crippen LogP contribution is -2.36. The first-order chi connectivity index (χ1) is 10.1. The summed E-state index contributed by atoms with van der Waals surface area (Å²) in [4.78, 5) is 17.6. The van der Waals surface area contributed by atoms with Crippen LogP contribution < -0.4 is 15.1 Å². The first-order valence-electron chi connectivity index (χ1n) is 7.67. The van der Waals surface area contributed by atoms with E-state index in [0.717, 1.165) is 44.8 Å². The van der Waals surface area contributed by atoms with E-state index in [4.69, 9.17) is 0 Å². The molecule has 1 aliphatic rings. The fourth-order valence-electron chi connectivity index (χ4n) is 2.33. The van der Waals surface area contributed by atoms with Crippen molar-refractivity contribution in [2.24, 2.45) is 5.92 Å². The van der Waals surface area contributed by atoms with E-state index in [-0.39, 0.29) is 6.61 Å². The standard InChI is InChI=1S/C14H26N6O/c1-4-7-15-12-16-13(19(2)3)18-14(17-12)20-8-5-11(10-21)6-9-20/h11,21H,4-10H2,1-3H3,(H,15,16,17,18). The van der Waals surface area contributed by atoms with Crippen molar-refractivity contribution in [3.05, 3.63) is 0 Å². The third-order valence-electron chi connectivity index (χ3n) is 3.70. The lowest BCUT2D eigenvalue weighted by Gasteiger charge is -2.31. The molecule has 0 bridgehead atoms. The second-order valence-electron chi connectivity index (χ2n) is 5.69. The van der Waals surface area contributed by atoms with E-state index >= 15 is 0 Å². The van der Waals surface area contributed by atoms with Crippen molar-refractivity contribution in [3.63, 3.8) is 0 Å². The maximum Gasteiger partial charge on any atom is 0.231 e. The molecule has 0 amide bonds. The number of aliphatic hydroxyl groups is 1. The van der Waals surface area contributed by atoms with Gasteiger partial charge in [-0.05, 0) is 25.2 Å². The predicted molar refractivity (Wildman–Crippen MR) is 85.0 cm³/mol. The van der Waals surface area contributed by atoms with Gasteiger partial charge in [0.1, 0.15) is 0 Å². The number of nitrogens with zero attached hydrogens (tertiary/aromatic N) is 5. The molecule has 7 nitrogen and oxygen atoms in total. The van der Waals surface area contributed by atoms with Crippen molar-refractivity contribution in [1.29, 1.82) is 0 Å². The summed E-state index contributed by atoms with van der Waals surface area (Å²) < 4.78 is 0. The van der Waals surface area contributed by atoms with E-state index in [9.17, 15) is 5.11 Å². The van der Waals surface area contributed by atoms with Gasteiger partial charge >= 0.3 is 0 Å². The highest BCUT2D eigenvalue weighted by Crippen LogP contribution is 2.22. The molecule has 1 aliphatic heterocycles. The third kappa shape index (κ3) is 4.17. The zero-order valence-corrected chi connectivity index (χ0v) is 13.2. The minimum atomic E-state index is 0.275. The Balaban J connectivity index is 2.15. The van der Waals surface area contributed by atoms with Crippen molar-refractivity contribution in [2.45, 2.75) is 26.2 Å². The number of piperidine rings is 1. The van der Waals surface area contributed by atoms with Crippen LogP contribution in [0.5, 0.6) is 0 Å². The zero-order valence-electron chi connectivity index (χ0n) is 13.2. The largest absolute Gasteiger partial charge is 0.396 e. The molecule has 118 valence electrons. The number of rotatable bonds is 6. The number of nitrogens with one attached hydrogen (secondary N) is 1. The van der Waals surface area contributed by atoms with Crippen LogP contribution >= 0.6 is 0 Å². The molecule has 0 aliphatic carbocycles. The Labute approximate surface area is 126 Å². The molecule has 0 radical (unpaired) electrons. The van der Waals surface area contributed by atoms with Crippen molar-refractivity contribution >= 4 is 17.8 Å². The maximum atomic E-state index is 9.23. The average molecular weight is 294 g/mol. The number of hydrogen-bond acceptors (Lipinski definition) is 7. The molecule has 1 saturated heterocycles. The van der Waals surface area contributed by atoms with Gasteiger partial charge in [-0.15, -0.1) is 0 Å². The van der Waals surface area contributed by atoms with Gasteiger partial charge in [0.15, 0.2) is 0 Å². The van der Waals surface area contributed by atoms with Gasteiger partial charge in [0.05, 0.1) is 0 Å². The van der Waals surface area contributed by atoms with E-state index in [0.29, 0.717) is 17.8 Å². The summed E-state index contributed by atoms with van der Waals surface area (Å²) in [6.45, 7) is 5.01. The van der Waals surface area contributed by atoms with Crippen molar-refractivity contribution in [3.8, 4) is 0 Å². The summed E-state index contributed by atoms with van der Waals surface area (Å²) in [5.74, 6) is 2.44. The Morgan fingerprint density at radius 2 is 1.95 bits per heavy atom. The Morgan fingerprint density at radius 3 is 2.52 bits per heavy atom. The molecule has 0 spiro atoms. The molecule has 0 atom stereocenters. The Hall–Kier alpha value is -1.63. The number of hydrogen-bond donors (Lipinski definition) is 2. The van der Waals surface area contributed by atoms with Crippen molar-refractivity contribution in [2.75, 3.05) is 55.5 Å². The van der Waals surface area contributed by atoms with Crippen molar-refractivity contribution < 1.29 is 5.11 Å². The summed E-state index contributed by atoms with van der Waals surface area (Å²) in [7, 11) is 3.86. The van der Waals surface area contributed by atoms with Gasteiger partial charge in [0.2, 0.25) is 17.8 Å². The van der Waals surface area contributed by atoms with Gasteiger partial charge in [-0.1, -0.05) is 6.92 Å². The van der Waals surface area contributed by atoms with Gasteiger partial charge in [0, 0.05) is 40.3 Å². The molecular formula is C14H26N6O. The van der Waals surface area contributed by atoms with Gasteiger partial charge < -0.3 is 20.2 Å². The normalized spacial score (nSPS) is 16.1. The van der Waals surface area contributed by atoms with Crippen LogP contribution in [0.4, 0.5) is 17.8 Å². The molecule has 1 fully saturated rings. The fourth-order valence-corrected chi connectivity index (χ4v) is 2.33. The highest BCUT2D eigenvalue weighted by Gasteiger charge is 2.21. The van der Waals surface area contributed by atoms with Gasteiger partial charge in [-0.3, -0.25) is 0 Å². The lowest BCUT2D eigenvalue weighted by atomic mass is 9.98. The molecular weight excluding hydrogens is 268 g/mol. The number of aliphatic hydroxyl groups excluding tert-OH is 1. The van der Waals surface area contributed by atoms with Gasteiger partial charge in [0.25, 0.3) is 0 Å². The minimum Gasteiger partial charge on any atom is -0.396 e. The SMILES string of the molecule is CCCNc1nc(N(C)C)nc(N2CCC(CO)CC2)n1. The molecule has 7 heteroatoms. The second-order valence-corrected chi connectivity index (χ2v) is 5.69. The average Bonchev–Trinajstić information content (AvgIpc) is 2.52. The highest BCUT2D eigenvalue weighted by atomic mass is 16.3. The Bertz CT molecular complexity index is 445. The molecule has 1 aromatic heterocycles. The van der Waals surface area contributed by atoms with Gasteiger partial charge in [-0.25, -0.2) is 0 Å². The van der Waals surface area contributed by atoms with Crippen LogP contribution in [0.15, 0.2) is 0 Å². The smallest absolute Gasteiger partial charge is 0.231 e. The third-order valence-corrected chi connectivity index (χ3v) is 3.70. The minimum absolute atomic E-state index is 0.275. The lowest BCUT2D eigenvalue weighted by molar-refractivity contribution is 0.202. The maximum absolute atomic E-state index is 9.23. The van der Waals surface area contributed by atoms with E-state index < -0.39 is 0 Å². The molecule has 2 rings (SSSR count).